The smallest absolute Gasteiger partial charge is 0.305 e. The SMILES string of the molecule is O=C(O)CC(S)SP. The van der Waals surface area contributed by atoms with Crippen LogP contribution in [0.3, 0.4) is 0 Å². The highest BCUT2D eigenvalue weighted by Crippen LogP contribution is 2.24. The minimum atomic E-state index is -0.806. The van der Waals surface area contributed by atoms with Gasteiger partial charge in [0.15, 0.2) is 0 Å². The van der Waals surface area contributed by atoms with E-state index < -0.39 is 5.97 Å². The Morgan fingerprint density at radius 2 is 2.50 bits per heavy atom. The molecule has 0 aromatic rings. The zero-order valence-electron chi connectivity index (χ0n) is 4.07. The third kappa shape index (κ3) is 4.75. The minimum Gasteiger partial charge on any atom is -0.481 e. The van der Waals surface area contributed by atoms with Crippen molar-refractivity contribution in [3.63, 3.8) is 0 Å². The molecule has 0 rings (SSSR count). The lowest BCUT2D eigenvalue weighted by Gasteiger charge is -1.99. The summed E-state index contributed by atoms with van der Waals surface area (Å²) in [6, 6.07) is 0. The first-order chi connectivity index (χ1) is 3.66. The average molecular weight is 170 g/mol. The van der Waals surface area contributed by atoms with Crippen molar-refractivity contribution in [1.82, 2.24) is 0 Å². The van der Waals surface area contributed by atoms with E-state index in [1.54, 1.807) is 0 Å². The molecule has 0 saturated carbocycles. The van der Waals surface area contributed by atoms with Gasteiger partial charge in [-0.3, -0.25) is 4.79 Å². The lowest BCUT2D eigenvalue weighted by Crippen LogP contribution is -2.01. The van der Waals surface area contributed by atoms with E-state index in [2.05, 4.69) is 21.1 Å². The van der Waals surface area contributed by atoms with Crippen LogP contribution in [-0.2, 0) is 4.79 Å². The first kappa shape index (κ1) is 8.60. The van der Waals surface area contributed by atoms with Gasteiger partial charge in [0.25, 0.3) is 0 Å². The largest absolute Gasteiger partial charge is 0.481 e. The number of hydrogen-bond acceptors (Lipinski definition) is 3. The lowest BCUT2D eigenvalue weighted by atomic mass is 10.5. The number of carboxylic acid groups (broad SMARTS) is 1. The monoisotopic (exact) mass is 170 g/mol. The molecule has 0 fully saturated rings. The molecule has 0 spiro atoms. The van der Waals surface area contributed by atoms with Crippen molar-refractivity contribution in [3.05, 3.63) is 0 Å². The van der Waals surface area contributed by atoms with E-state index in [-0.39, 0.29) is 11.0 Å². The second kappa shape index (κ2) is 4.48. The molecule has 2 nitrogen and oxygen atoms in total. The number of hydrogen-bond donors (Lipinski definition) is 2. The maximum atomic E-state index is 9.90. The summed E-state index contributed by atoms with van der Waals surface area (Å²) in [5.41, 5.74) is 0. The summed E-state index contributed by atoms with van der Waals surface area (Å²) in [4.78, 5) is 9.90. The van der Waals surface area contributed by atoms with E-state index in [1.807, 2.05) is 0 Å². The number of rotatable bonds is 3. The number of thiol groups is 1. The van der Waals surface area contributed by atoms with Gasteiger partial charge >= 0.3 is 5.97 Å². The molecule has 0 bridgehead atoms. The molecule has 0 aromatic heterocycles. The molecule has 0 heterocycles. The molecule has 0 aliphatic heterocycles. The summed E-state index contributed by atoms with van der Waals surface area (Å²) in [5, 5.41) is 8.14. The molecule has 0 saturated heterocycles. The summed E-state index contributed by atoms with van der Waals surface area (Å²) in [7, 11) is 2.36. The Kier molecular flexibility index (Phi) is 4.81. The maximum Gasteiger partial charge on any atom is 0.305 e. The topological polar surface area (TPSA) is 37.3 Å². The Hall–Kier alpha value is 0.600. The summed E-state index contributed by atoms with van der Waals surface area (Å²) in [5.74, 6) is -0.806. The molecular weight excluding hydrogens is 163 g/mol. The minimum absolute atomic E-state index is 0.0995. The Bertz CT molecular complexity index is 87.4. The van der Waals surface area contributed by atoms with Crippen LogP contribution >= 0.6 is 32.5 Å². The fourth-order valence-electron chi connectivity index (χ4n) is 0.197. The average Bonchev–Trinajstić information content (AvgIpc) is 1.65. The van der Waals surface area contributed by atoms with Gasteiger partial charge in [-0.05, 0) is 0 Å². The maximum absolute atomic E-state index is 9.90. The summed E-state index contributed by atoms with van der Waals surface area (Å²) >= 11 is 5.28. The Balaban J connectivity index is 3.24. The highest BCUT2D eigenvalue weighted by atomic mass is 32.7. The van der Waals surface area contributed by atoms with Crippen LogP contribution in [0.2, 0.25) is 0 Å². The second-order valence-corrected chi connectivity index (χ2v) is 3.82. The third-order valence-corrected chi connectivity index (χ3v) is 3.21. The van der Waals surface area contributed by atoms with Crippen molar-refractivity contribution >= 4 is 38.4 Å². The molecule has 8 heavy (non-hydrogen) atoms. The fourth-order valence-corrected chi connectivity index (χ4v) is 0.881. The Labute approximate surface area is 59.8 Å². The summed E-state index contributed by atoms with van der Waals surface area (Å²) in [6.07, 6.45) is 0.108. The van der Waals surface area contributed by atoms with Gasteiger partial charge in [-0.2, -0.15) is 12.6 Å². The van der Waals surface area contributed by atoms with E-state index in [0.717, 1.165) is 0 Å². The van der Waals surface area contributed by atoms with Crippen LogP contribution < -0.4 is 0 Å². The molecule has 2 unspecified atom stereocenters. The fraction of sp³-hybridized carbons (Fsp3) is 0.667. The molecule has 0 aliphatic rings. The van der Waals surface area contributed by atoms with Gasteiger partial charge in [0.1, 0.15) is 0 Å². The van der Waals surface area contributed by atoms with Gasteiger partial charge in [-0.15, -0.1) is 11.4 Å². The molecule has 48 valence electrons. The lowest BCUT2D eigenvalue weighted by molar-refractivity contribution is -0.136. The number of aliphatic carboxylic acids is 1. The van der Waals surface area contributed by atoms with E-state index in [1.165, 1.54) is 11.4 Å². The molecule has 0 aromatic carbocycles. The van der Waals surface area contributed by atoms with Crippen molar-refractivity contribution in [1.29, 1.82) is 0 Å². The highest BCUT2D eigenvalue weighted by molar-refractivity contribution is 8.47. The number of carbonyl (C=O) groups is 1. The van der Waals surface area contributed by atoms with Crippen LogP contribution in [-0.4, -0.2) is 15.7 Å². The normalized spacial score (nSPS) is 13.2. The van der Waals surface area contributed by atoms with E-state index in [0.29, 0.717) is 0 Å². The van der Waals surface area contributed by atoms with Crippen LogP contribution in [0.25, 0.3) is 0 Å². The first-order valence-corrected chi connectivity index (χ1v) is 4.79. The summed E-state index contributed by atoms with van der Waals surface area (Å²) in [6.45, 7) is 0. The van der Waals surface area contributed by atoms with Crippen molar-refractivity contribution in [2.75, 3.05) is 0 Å². The highest BCUT2D eigenvalue weighted by Gasteiger charge is 2.04. The standard InChI is InChI=1S/C3H7O2PS2/c4-2(5)1-3(7)8-6/h3,7H,1,6H2,(H,4,5). The molecule has 2 atom stereocenters. The van der Waals surface area contributed by atoms with Crippen LogP contribution in [0, 0.1) is 0 Å². The predicted octanol–water partition coefficient (Wildman–Crippen LogP) is 1.24. The van der Waals surface area contributed by atoms with E-state index in [4.69, 9.17) is 5.11 Å². The Morgan fingerprint density at radius 3 is 2.62 bits per heavy atom. The van der Waals surface area contributed by atoms with Crippen LogP contribution in [0.15, 0.2) is 0 Å². The van der Waals surface area contributed by atoms with Gasteiger partial charge in [-0.1, -0.05) is 8.44 Å². The molecule has 0 amide bonds. The van der Waals surface area contributed by atoms with Crippen LogP contribution in [0.4, 0.5) is 0 Å². The van der Waals surface area contributed by atoms with Gasteiger partial charge in [0.05, 0.1) is 11.0 Å². The zero-order valence-corrected chi connectivity index (χ0v) is 6.94. The Morgan fingerprint density at radius 1 is 2.00 bits per heavy atom. The van der Waals surface area contributed by atoms with Crippen molar-refractivity contribution in [2.45, 2.75) is 11.0 Å². The van der Waals surface area contributed by atoms with E-state index in [9.17, 15) is 4.79 Å². The number of carboxylic acids is 1. The quantitative estimate of drug-likeness (QED) is 0.380. The molecular formula is C3H7O2PS2. The van der Waals surface area contributed by atoms with Gasteiger partial charge in [0, 0.05) is 0 Å². The van der Waals surface area contributed by atoms with Crippen molar-refractivity contribution < 1.29 is 9.90 Å². The van der Waals surface area contributed by atoms with Crippen LogP contribution in [0.5, 0.6) is 0 Å². The molecule has 0 radical (unpaired) electrons. The second-order valence-electron chi connectivity index (χ2n) is 1.19. The van der Waals surface area contributed by atoms with Crippen molar-refractivity contribution in [3.8, 4) is 0 Å². The van der Waals surface area contributed by atoms with E-state index >= 15 is 0 Å². The predicted molar refractivity (Wildman–Crippen MR) is 42.3 cm³/mol. The van der Waals surface area contributed by atoms with Gasteiger partial charge < -0.3 is 5.11 Å². The zero-order chi connectivity index (χ0) is 6.57. The molecule has 0 aliphatic carbocycles. The van der Waals surface area contributed by atoms with Gasteiger partial charge in [0.2, 0.25) is 0 Å². The van der Waals surface area contributed by atoms with Gasteiger partial charge in [-0.25, -0.2) is 0 Å². The summed E-state index contributed by atoms with van der Waals surface area (Å²) < 4.78 is -0.0995. The first-order valence-electron chi connectivity index (χ1n) is 1.92. The third-order valence-electron chi connectivity index (χ3n) is 0.506. The molecule has 1 N–H and O–H groups in total. The van der Waals surface area contributed by atoms with Crippen molar-refractivity contribution in [2.24, 2.45) is 0 Å². The molecule has 5 heteroatoms. The van der Waals surface area contributed by atoms with Crippen LogP contribution in [0.1, 0.15) is 6.42 Å².